The molecule has 0 saturated carbocycles. The van der Waals surface area contributed by atoms with Gasteiger partial charge in [-0.1, -0.05) is 18.2 Å². The summed E-state index contributed by atoms with van der Waals surface area (Å²) in [6, 6.07) is 12.1. The van der Waals surface area contributed by atoms with Gasteiger partial charge in [0.1, 0.15) is 11.7 Å². The minimum absolute atomic E-state index is 0.237. The number of hydrogen-bond donors (Lipinski definition) is 0. The van der Waals surface area contributed by atoms with E-state index in [1.54, 1.807) is 12.2 Å². The lowest BCUT2D eigenvalue weighted by atomic mass is 9.93. The second-order valence-corrected chi connectivity index (χ2v) is 5.15. The van der Waals surface area contributed by atoms with Crippen LogP contribution in [0.1, 0.15) is 5.56 Å². The third kappa shape index (κ3) is 3.77. The third-order valence-corrected chi connectivity index (χ3v) is 3.37. The molecule has 1 aliphatic rings. The number of ether oxygens (including phenoxy) is 1. The fourth-order valence-electron chi connectivity index (χ4n) is 2.06. The van der Waals surface area contributed by atoms with E-state index in [0.29, 0.717) is 5.76 Å². The molecule has 0 fully saturated rings. The maximum Gasteiger partial charge on any atom is 0.143 e. The summed E-state index contributed by atoms with van der Waals surface area (Å²) in [5, 5.41) is 17.9. The maximum absolute atomic E-state index is 8.94. The molecular weight excluding hydrogens is 274 g/mol. The van der Waals surface area contributed by atoms with Gasteiger partial charge in [-0.3, -0.25) is 0 Å². The van der Waals surface area contributed by atoms with Crippen molar-refractivity contribution in [1.29, 1.82) is 10.5 Å². The SMILES string of the molecule is CN(C)c1ccc(/C=C/C2=CC(C(C#N)C#N)C=CO2)cc1. The Balaban J connectivity index is 2.10. The molecule has 0 aromatic heterocycles. The van der Waals surface area contributed by atoms with E-state index in [4.69, 9.17) is 15.3 Å². The van der Waals surface area contributed by atoms with Crippen LogP contribution in [0.3, 0.4) is 0 Å². The van der Waals surface area contributed by atoms with Crippen LogP contribution in [-0.4, -0.2) is 14.1 Å². The van der Waals surface area contributed by atoms with Gasteiger partial charge in [-0.2, -0.15) is 10.5 Å². The van der Waals surface area contributed by atoms with E-state index >= 15 is 0 Å². The molecule has 1 aromatic carbocycles. The molecule has 2 rings (SSSR count). The van der Waals surface area contributed by atoms with Gasteiger partial charge in [0.2, 0.25) is 0 Å². The van der Waals surface area contributed by atoms with Gasteiger partial charge in [-0.25, -0.2) is 0 Å². The minimum atomic E-state index is -0.692. The van der Waals surface area contributed by atoms with Crippen molar-refractivity contribution in [2.75, 3.05) is 19.0 Å². The summed E-state index contributed by atoms with van der Waals surface area (Å²) in [6.07, 6.45) is 8.82. The minimum Gasteiger partial charge on any atom is -0.466 e. The van der Waals surface area contributed by atoms with Crippen LogP contribution in [-0.2, 0) is 4.74 Å². The molecular formula is C18H17N3O. The van der Waals surface area contributed by atoms with E-state index in [9.17, 15) is 0 Å². The van der Waals surface area contributed by atoms with E-state index in [-0.39, 0.29) is 5.92 Å². The van der Waals surface area contributed by atoms with Crippen molar-refractivity contribution >= 4 is 11.8 Å². The van der Waals surface area contributed by atoms with Crippen LogP contribution in [0.25, 0.3) is 6.08 Å². The highest BCUT2D eigenvalue weighted by molar-refractivity contribution is 5.57. The van der Waals surface area contributed by atoms with Gasteiger partial charge < -0.3 is 9.64 Å². The predicted molar refractivity (Wildman–Crippen MR) is 86.3 cm³/mol. The average molecular weight is 291 g/mol. The molecule has 1 aliphatic heterocycles. The van der Waals surface area contributed by atoms with Crippen molar-refractivity contribution in [3.8, 4) is 12.1 Å². The molecule has 0 aliphatic carbocycles. The predicted octanol–water partition coefficient (Wildman–Crippen LogP) is 3.47. The zero-order valence-electron chi connectivity index (χ0n) is 12.6. The number of benzene rings is 1. The van der Waals surface area contributed by atoms with Gasteiger partial charge in [-0.15, -0.1) is 0 Å². The first-order valence-electron chi connectivity index (χ1n) is 6.94. The topological polar surface area (TPSA) is 60.0 Å². The Kier molecular flexibility index (Phi) is 5.01. The molecule has 0 N–H and O–H groups in total. The van der Waals surface area contributed by atoms with Crippen LogP contribution in [0, 0.1) is 34.5 Å². The first-order valence-corrected chi connectivity index (χ1v) is 6.94. The van der Waals surface area contributed by atoms with Crippen molar-refractivity contribution in [2.45, 2.75) is 0 Å². The highest BCUT2D eigenvalue weighted by Gasteiger charge is 2.19. The normalized spacial score (nSPS) is 16.8. The largest absolute Gasteiger partial charge is 0.466 e. The summed E-state index contributed by atoms with van der Waals surface area (Å²) in [7, 11) is 4.00. The second-order valence-electron chi connectivity index (χ2n) is 5.15. The summed E-state index contributed by atoms with van der Waals surface area (Å²) in [5.41, 5.74) is 2.19. The first-order chi connectivity index (χ1) is 10.6. The third-order valence-electron chi connectivity index (χ3n) is 3.37. The van der Waals surface area contributed by atoms with Crippen LogP contribution in [0.5, 0.6) is 0 Å². The number of hydrogen-bond acceptors (Lipinski definition) is 4. The lowest BCUT2D eigenvalue weighted by Crippen LogP contribution is -2.09. The van der Waals surface area contributed by atoms with E-state index in [2.05, 4.69) is 0 Å². The van der Waals surface area contributed by atoms with Gasteiger partial charge in [0.15, 0.2) is 0 Å². The van der Waals surface area contributed by atoms with Gasteiger partial charge in [0, 0.05) is 25.7 Å². The molecule has 22 heavy (non-hydrogen) atoms. The van der Waals surface area contributed by atoms with Crippen molar-refractivity contribution in [3.05, 3.63) is 60.1 Å². The van der Waals surface area contributed by atoms with Crippen molar-refractivity contribution in [1.82, 2.24) is 0 Å². The van der Waals surface area contributed by atoms with Crippen LogP contribution < -0.4 is 4.90 Å². The Labute approximate surface area is 130 Å². The second kappa shape index (κ2) is 7.15. The molecule has 0 saturated heterocycles. The van der Waals surface area contributed by atoms with Crippen LogP contribution in [0.4, 0.5) is 5.69 Å². The number of allylic oxidation sites excluding steroid dienone is 3. The molecule has 110 valence electrons. The number of nitrogens with zero attached hydrogens (tertiary/aromatic N) is 3. The Morgan fingerprint density at radius 3 is 2.41 bits per heavy atom. The fourth-order valence-corrected chi connectivity index (χ4v) is 2.06. The Morgan fingerprint density at radius 1 is 1.14 bits per heavy atom. The monoisotopic (exact) mass is 291 g/mol. The van der Waals surface area contributed by atoms with Gasteiger partial charge in [0.25, 0.3) is 0 Å². The Bertz CT molecular complexity index is 671. The van der Waals surface area contributed by atoms with E-state index in [1.807, 2.05) is 67.6 Å². The number of nitriles is 2. The Morgan fingerprint density at radius 2 is 1.82 bits per heavy atom. The van der Waals surface area contributed by atoms with Crippen molar-refractivity contribution < 1.29 is 4.74 Å². The fraction of sp³-hybridized carbons (Fsp3) is 0.222. The van der Waals surface area contributed by atoms with E-state index in [1.165, 1.54) is 6.26 Å². The summed E-state index contributed by atoms with van der Waals surface area (Å²) >= 11 is 0. The molecule has 4 heteroatoms. The maximum atomic E-state index is 8.94. The van der Waals surface area contributed by atoms with Gasteiger partial charge in [-0.05, 0) is 35.9 Å². The molecule has 1 aromatic rings. The molecule has 0 bridgehead atoms. The molecule has 0 radical (unpaired) electrons. The van der Waals surface area contributed by atoms with Crippen molar-refractivity contribution in [2.24, 2.45) is 11.8 Å². The van der Waals surface area contributed by atoms with Crippen LogP contribution >= 0.6 is 0 Å². The van der Waals surface area contributed by atoms with Crippen molar-refractivity contribution in [3.63, 3.8) is 0 Å². The standard InChI is InChI=1S/C18H17N3O/c1-21(2)17-6-3-14(4-7-17)5-8-18-11-15(9-10-22-18)16(12-19)13-20/h3-11,15-16H,1-2H3/b8-5+. The molecule has 1 unspecified atom stereocenters. The van der Waals surface area contributed by atoms with Crippen LogP contribution in [0.15, 0.2) is 54.5 Å². The highest BCUT2D eigenvalue weighted by atomic mass is 16.5. The average Bonchev–Trinajstić information content (AvgIpc) is 2.55. The Hall–Kier alpha value is -2.98. The first kappa shape index (κ1) is 15.4. The molecule has 0 amide bonds. The molecule has 1 atom stereocenters. The quantitative estimate of drug-likeness (QED) is 0.852. The smallest absolute Gasteiger partial charge is 0.143 e. The highest BCUT2D eigenvalue weighted by Crippen LogP contribution is 2.22. The molecule has 0 spiro atoms. The summed E-state index contributed by atoms with van der Waals surface area (Å²) in [5.74, 6) is -0.290. The summed E-state index contributed by atoms with van der Waals surface area (Å²) in [6.45, 7) is 0. The summed E-state index contributed by atoms with van der Waals surface area (Å²) < 4.78 is 5.40. The van der Waals surface area contributed by atoms with Crippen LogP contribution in [0.2, 0.25) is 0 Å². The lowest BCUT2D eigenvalue weighted by molar-refractivity contribution is 0.347. The van der Waals surface area contributed by atoms with E-state index < -0.39 is 5.92 Å². The molecule has 4 nitrogen and oxygen atoms in total. The zero-order valence-corrected chi connectivity index (χ0v) is 12.6. The number of rotatable bonds is 4. The number of anilines is 1. The van der Waals surface area contributed by atoms with E-state index in [0.717, 1.165) is 11.3 Å². The zero-order chi connectivity index (χ0) is 15.9. The summed E-state index contributed by atoms with van der Waals surface area (Å²) in [4.78, 5) is 2.04. The lowest BCUT2D eigenvalue weighted by Gasteiger charge is -2.14. The van der Waals surface area contributed by atoms with Gasteiger partial charge in [0.05, 0.1) is 18.4 Å². The molecule has 1 heterocycles. The van der Waals surface area contributed by atoms with Gasteiger partial charge >= 0.3 is 0 Å².